The number of likely N-dealkylation sites (tertiary alicyclic amines) is 1. The van der Waals surface area contributed by atoms with Gasteiger partial charge in [-0.15, -0.1) is 0 Å². The molecule has 0 aliphatic carbocycles. The molecule has 3 aliphatic heterocycles. The van der Waals surface area contributed by atoms with Crippen LogP contribution in [0.2, 0.25) is 0 Å². The third-order valence-corrected chi connectivity index (χ3v) is 10.6. The van der Waals surface area contributed by atoms with E-state index in [1.165, 1.54) is 5.56 Å². The smallest absolute Gasteiger partial charge is 0.315 e. The van der Waals surface area contributed by atoms with Gasteiger partial charge in [-0.25, -0.2) is 4.79 Å². The fraction of sp³-hybridized carbons (Fsp3) is 0.722. The Morgan fingerprint density at radius 3 is 2.26 bits per heavy atom. The summed E-state index contributed by atoms with van der Waals surface area (Å²) < 4.78 is 22.1. The van der Waals surface area contributed by atoms with Crippen molar-refractivity contribution >= 4 is 35.5 Å². The minimum Gasteiger partial charge on any atom is -0.379 e. The molecule has 1 aromatic rings. The molecular weight excluding hydrogens is 662 g/mol. The maximum Gasteiger partial charge on any atom is 0.315 e. The van der Waals surface area contributed by atoms with E-state index in [0.717, 1.165) is 37.9 Å². The van der Waals surface area contributed by atoms with Gasteiger partial charge in [-0.1, -0.05) is 32.4 Å². The first kappa shape index (κ1) is 39.9. The first-order valence-corrected chi connectivity index (χ1v) is 19.3. The molecule has 4 N–H and O–H groups in total. The predicted molar refractivity (Wildman–Crippen MR) is 192 cm³/mol. The van der Waals surface area contributed by atoms with Crippen LogP contribution < -0.4 is 21.3 Å². The van der Waals surface area contributed by atoms with Gasteiger partial charge in [-0.05, 0) is 49.3 Å². The minimum atomic E-state index is -0.0762. The number of amides is 5. The van der Waals surface area contributed by atoms with Crippen molar-refractivity contribution in [1.29, 1.82) is 0 Å². The van der Waals surface area contributed by atoms with Crippen molar-refractivity contribution in [2.75, 3.05) is 78.2 Å². The average Bonchev–Trinajstić information content (AvgIpc) is 3.67. The van der Waals surface area contributed by atoms with Gasteiger partial charge < -0.3 is 45.1 Å². The highest BCUT2D eigenvalue weighted by Crippen LogP contribution is 2.33. The normalized spacial score (nSPS) is 21.5. The molecule has 14 heteroatoms. The van der Waals surface area contributed by atoms with Gasteiger partial charge in [0.1, 0.15) is 0 Å². The third-order valence-electron chi connectivity index (χ3n) is 9.14. The second-order valence-electron chi connectivity index (χ2n) is 13.4. The summed E-state index contributed by atoms with van der Waals surface area (Å²) in [7, 11) is 0. The van der Waals surface area contributed by atoms with E-state index in [-0.39, 0.29) is 48.3 Å². The second-order valence-corrected chi connectivity index (χ2v) is 14.6. The van der Waals surface area contributed by atoms with E-state index >= 15 is 0 Å². The highest BCUT2D eigenvalue weighted by Gasteiger charge is 2.42. The van der Waals surface area contributed by atoms with Crippen molar-refractivity contribution < 1.29 is 38.1 Å². The van der Waals surface area contributed by atoms with Gasteiger partial charge in [0.25, 0.3) is 5.91 Å². The Hall–Kier alpha value is -2.91. The Morgan fingerprint density at radius 1 is 0.880 bits per heavy atom. The number of carbonyl (C=O) groups is 4. The van der Waals surface area contributed by atoms with Crippen LogP contribution in [0, 0.1) is 0 Å². The molecule has 3 aliphatic rings. The number of piperidine rings is 1. The van der Waals surface area contributed by atoms with E-state index in [1.807, 2.05) is 40.9 Å². The number of urea groups is 1. The maximum absolute atomic E-state index is 13.0. The minimum absolute atomic E-state index is 0.00945. The van der Waals surface area contributed by atoms with Gasteiger partial charge in [0, 0.05) is 55.1 Å². The number of hydrogen-bond acceptors (Lipinski definition) is 9. The molecule has 4 atom stereocenters. The van der Waals surface area contributed by atoms with Gasteiger partial charge in [-0.2, -0.15) is 11.8 Å². The average molecular weight is 720 g/mol. The Labute approximate surface area is 301 Å². The topological polar surface area (TPSA) is 157 Å². The number of thioether (sulfide) groups is 1. The van der Waals surface area contributed by atoms with E-state index in [2.05, 4.69) is 35.1 Å². The van der Waals surface area contributed by atoms with Crippen LogP contribution >= 0.6 is 11.8 Å². The van der Waals surface area contributed by atoms with Crippen LogP contribution in [0.4, 0.5) is 4.79 Å². The summed E-state index contributed by atoms with van der Waals surface area (Å²) in [6.45, 7) is 9.25. The van der Waals surface area contributed by atoms with Crippen LogP contribution in [0.3, 0.4) is 0 Å². The molecular formula is C36H57N5O8S. The Bertz CT molecular complexity index is 1210. The first-order chi connectivity index (χ1) is 24.3. The molecule has 3 fully saturated rings. The summed E-state index contributed by atoms with van der Waals surface area (Å²) >= 11 is 1.90. The molecule has 50 heavy (non-hydrogen) atoms. The largest absolute Gasteiger partial charge is 0.379 e. The van der Waals surface area contributed by atoms with E-state index in [0.29, 0.717) is 95.6 Å². The number of hydrogen-bond donors (Lipinski definition) is 4. The van der Waals surface area contributed by atoms with Crippen LogP contribution in [0.15, 0.2) is 24.3 Å². The van der Waals surface area contributed by atoms with Crippen molar-refractivity contribution in [3.63, 3.8) is 0 Å². The zero-order valence-corrected chi connectivity index (χ0v) is 30.6. The maximum atomic E-state index is 13.0. The lowest BCUT2D eigenvalue weighted by Gasteiger charge is -2.33. The predicted octanol–water partition coefficient (Wildman–Crippen LogP) is 2.83. The number of nitrogens with zero attached hydrogens (tertiary/aromatic N) is 1. The molecule has 13 nitrogen and oxygen atoms in total. The molecule has 3 heterocycles. The number of ether oxygens (including phenoxy) is 4. The lowest BCUT2D eigenvalue weighted by molar-refractivity contribution is -0.123. The molecule has 280 valence electrons. The number of carbonyl (C=O) groups excluding carboxylic acids is 4. The fourth-order valence-electron chi connectivity index (χ4n) is 6.32. The molecule has 0 spiro atoms. The van der Waals surface area contributed by atoms with Gasteiger partial charge in [0.05, 0.1) is 64.9 Å². The number of nitrogens with one attached hydrogen (secondary N) is 4. The highest BCUT2D eigenvalue weighted by molar-refractivity contribution is 8.00. The number of rotatable bonds is 23. The van der Waals surface area contributed by atoms with Crippen molar-refractivity contribution in [3.8, 4) is 0 Å². The Balaban J connectivity index is 0.882. The molecule has 3 saturated heterocycles. The summed E-state index contributed by atoms with van der Waals surface area (Å²) in [5, 5.41) is 12.3. The molecule has 1 aromatic carbocycles. The molecule has 0 bridgehead atoms. The molecule has 0 saturated carbocycles. The monoisotopic (exact) mass is 719 g/mol. The van der Waals surface area contributed by atoms with Crippen LogP contribution in [0.25, 0.3) is 0 Å². The third kappa shape index (κ3) is 14.0. The summed E-state index contributed by atoms with van der Waals surface area (Å²) in [6.07, 6.45) is 5.28. The SMILES string of the molecule is CC(C)c1ccc(C(=O)N2CCCC(NC(=O)CCOCCOCCOCCOCCNC(=O)CCCC[C@@H]3SCC4NC(=O)NC43)C2)cc1. The van der Waals surface area contributed by atoms with Gasteiger partial charge in [0.2, 0.25) is 11.8 Å². The number of fused-ring (bicyclic) bond motifs is 1. The molecule has 5 amide bonds. The Kier molecular flexibility index (Phi) is 17.6. The van der Waals surface area contributed by atoms with Crippen LogP contribution in [0.5, 0.6) is 0 Å². The van der Waals surface area contributed by atoms with E-state index < -0.39 is 0 Å². The van der Waals surface area contributed by atoms with Crippen LogP contribution in [-0.4, -0.2) is 130 Å². The molecule has 0 aromatic heterocycles. The quantitative estimate of drug-likeness (QED) is 0.0987. The number of unbranched alkanes of at least 4 members (excludes halogenated alkanes) is 1. The first-order valence-electron chi connectivity index (χ1n) is 18.2. The van der Waals surface area contributed by atoms with E-state index in [9.17, 15) is 19.2 Å². The standard InChI is InChI=1S/C36H57N5O8S/c1-26(2)27-9-11-28(12-10-27)35(44)41-15-5-6-29(24-41)38-33(43)13-16-46-18-20-48-22-23-49-21-19-47-17-14-37-32(42)8-4-3-7-31-34-30(25-50-31)39-36(45)40-34/h9-12,26,29-31,34H,3-8,13-25H2,1-2H3,(H,37,42)(H,38,43)(H2,39,40,45)/t29?,30?,31-,34?/m0/s1. The van der Waals surface area contributed by atoms with Crippen LogP contribution in [-0.2, 0) is 28.5 Å². The van der Waals surface area contributed by atoms with E-state index in [4.69, 9.17) is 18.9 Å². The van der Waals surface area contributed by atoms with Crippen molar-refractivity contribution in [2.24, 2.45) is 0 Å². The lowest BCUT2D eigenvalue weighted by Crippen LogP contribution is -2.49. The molecule has 3 unspecified atom stereocenters. The second kappa shape index (κ2) is 22.1. The molecule has 4 rings (SSSR count). The zero-order chi connectivity index (χ0) is 35.6. The van der Waals surface area contributed by atoms with E-state index in [1.54, 1.807) is 0 Å². The zero-order valence-electron chi connectivity index (χ0n) is 29.8. The van der Waals surface area contributed by atoms with Crippen molar-refractivity contribution in [3.05, 3.63) is 35.4 Å². The highest BCUT2D eigenvalue weighted by atomic mass is 32.2. The van der Waals surface area contributed by atoms with Gasteiger partial charge >= 0.3 is 6.03 Å². The summed E-state index contributed by atoms with van der Waals surface area (Å²) in [6, 6.07) is 8.15. The lowest BCUT2D eigenvalue weighted by atomic mass is 10.0. The summed E-state index contributed by atoms with van der Waals surface area (Å²) in [5.41, 5.74) is 1.89. The Morgan fingerprint density at radius 2 is 1.56 bits per heavy atom. The number of benzene rings is 1. The summed E-state index contributed by atoms with van der Waals surface area (Å²) in [4.78, 5) is 50.8. The molecule has 0 radical (unpaired) electrons. The van der Waals surface area contributed by atoms with Crippen LogP contribution in [0.1, 0.15) is 80.6 Å². The van der Waals surface area contributed by atoms with Crippen molar-refractivity contribution in [2.45, 2.75) is 88.1 Å². The van der Waals surface area contributed by atoms with Gasteiger partial charge in [0.15, 0.2) is 0 Å². The van der Waals surface area contributed by atoms with Crippen molar-refractivity contribution in [1.82, 2.24) is 26.2 Å². The summed E-state index contributed by atoms with van der Waals surface area (Å²) in [5.74, 6) is 1.34. The fourth-order valence-corrected chi connectivity index (χ4v) is 7.87. The van der Waals surface area contributed by atoms with Gasteiger partial charge in [-0.3, -0.25) is 14.4 Å².